The molecule has 4 rings (SSSR count). The zero-order valence-corrected chi connectivity index (χ0v) is 20.8. The van der Waals surface area contributed by atoms with Crippen LogP contribution in [-0.2, 0) is 42.0 Å². The van der Waals surface area contributed by atoms with E-state index in [0.29, 0.717) is 18.6 Å². The molecule has 2 heterocycles. The number of hydrogen-bond donors (Lipinski definition) is 0. The second kappa shape index (κ2) is 11.8. The van der Waals surface area contributed by atoms with Crippen molar-refractivity contribution in [1.29, 1.82) is 0 Å². The number of rotatable bonds is 10. The SMILES string of the molecule is COC(=O)CCc1cccc(CN(C(C2=CC=CCC2)C2=COC=CO2)S(=O)(=O)c2ccccn2)c1. The van der Waals surface area contributed by atoms with Crippen LogP contribution in [0.2, 0.25) is 0 Å². The maximum Gasteiger partial charge on any atom is 0.305 e. The molecule has 9 heteroatoms. The van der Waals surface area contributed by atoms with E-state index in [2.05, 4.69) is 4.98 Å². The van der Waals surface area contributed by atoms with Crippen molar-refractivity contribution >= 4 is 16.0 Å². The lowest BCUT2D eigenvalue weighted by Gasteiger charge is -2.34. The van der Waals surface area contributed by atoms with Gasteiger partial charge in [0.2, 0.25) is 0 Å². The van der Waals surface area contributed by atoms with Crippen LogP contribution in [0.1, 0.15) is 30.4 Å². The van der Waals surface area contributed by atoms with E-state index >= 15 is 0 Å². The maximum absolute atomic E-state index is 14.0. The summed E-state index contributed by atoms with van der Waals surface area (Å²) in [6, 6.07) is 11.6. The molecule has 0 N–H and O–H groups in total. The molecule has 0 spiro atoms. The fraction of sp³-hybridized carbons (Fsp3) is 0.259. The quantitative estimate of drug-likeness (QED) is 0.440. The van der Waals surface area contributed by atoms with Crippen LogP contribution in [0, 0.1) is 0 Å². The highest BCUT2D eigenvalue weighted by atomic mass is 32.2. The Morgan fingerprint density at radius 2 is 2.03 bits per heavy atom. The van der Waals surface area contributed by atoms with Gasteiger partial charge in [0, 0.05) is 19.2 Å². The van der Waals surface area contributed by atoms with Gasteiger partial charge >= 0.3 is 5.97 Å². The molecule has 0 fully saturated rings. The number of aryl methyl sites for hydroxylation is 1. The van der Waals surface area contributed by atoms with Gasteiger partial charge in [-0.05, 0) is 48.1 Å². The molecule has 0 bridgehead atoms. The van der Waals surface area contributed by atoms with Crippen LogP contribution in [0.3, 0.4) is 0 Å². The van der Waals surface area contributed by atoms with Crippen molar-refractivity contribution in [1.82, 2.24) is 9.29 Å². The monoisotopic (exact) mass is 508 g/mol. The van der Waals surface area contributed by atoms with Gasteiger partial charge < -0.3 is 14.2 Å². The Kier molecular flexibility index (Phi) is 8.35. The van der Waals surface area contributed by atoms with E-state index in [1.54, 1.807) is 12.1 Å². The molecule has 36 heavy (non-hydrogen) atoms. The van der Waals surface area contributed by atoms with Crippen LogP contribution in [0.4, 0.5) is 0 Å². The first-order chi connectivity index (χ1) is 17.5. The smallest absolute Gasteiger partial charge is 0.305 e. The number of pyridine rings is 1. The molecule has 0 saturated heterocycles. The Balaban J connectivity index is 1.76. The summed E-state index contributed by atoms with van der Waals surface area (Å²) in [5, 5.41) is -0.0586. The summed E-state index contributed by atoms with van der Waals surface area (Å²) < 4.78 is 45.3. The Bertz CT molecular complexity index is 1300. The third kappa shape index (κ3) is 6.10. The average molecular weight is 509 g/mol. The number of carbonyl (C=O) groups excluding carboxylic acids is 1. The van der Waals surface area contributed by atoms with Crippen molar-refractivity contribution in [2.75, 3.05) is 7.11 Å². The first kappa shape index (κ1) is 25.4. The third-order valence-corrected chi connectivity index (χ3v) is 7.59. The minimum absolute atomic E-state index is 0.0567. The number of aromatic nitrogens is 1. The highest BCUT2D eigenvalue weighted by Crippen LogP contribution is 2.33. The van der Waals surface area contributed by atoms with Gasteiger partial charge in [-0.25, -0.2) is 13.4 Å². The van der Waals surface area contributed by atoms with Crippen molar-refractivity contribution in [3.8, 4) is 0 Å². The van der Waals surface area contributed by atoms with Crippen molar-refractivity contribution < 1.29 is 27.4 Å². The minimum Gasteiger partial charge on any atom is -0.469 e. The molecule has 2 aliphatic rings. The van der Waals surface area contributed by atoms with Crippen LogP contribution in [-0.4, -0.2) is 36.8 Å². The summed E-state index contributed by atoms with van der Waals surface area (Å²) in [5.74, 6) is 0.0620. The normalized spacial score (nSPS) is 15.9. The number of allylic oxidation sites excluding steroid dienone is 3. The molecule has 2 aromatic rings. The van der Waals surface area contributed by atoms with Crippen molar-refractivity contribution in [3.63, 3.8) is 0 Å². The summed E-state index contributed by atoms with van der Waals surface area (Å²) in [5.41, 5.74) is 2.55. The molecular weight excluding hydrogens is 480 g/mol. The molecule has 0 amide bonds. The Morgan fingerprint density at radius 1 is 1.17 bits per heavy atom. The fourth-order valence-corrected chi connectivity index (χ4v) is 5.63. The summed E-state index contributed by atoms with van der Waals surface area (Å²) >= 11 is 0. The lowest BCUT2D eigenvalue weighted by Crippen LogP contribution is -2.43. The summed E-state index contributed by atoms with van der Waals surface area (Å²) in [4.78, 5) is 15.8. The number of nitrogens with zero attached hydrogens (tertiary/aromatic N) is 2. The van der Waals surface area contributed by atoms with Gasteiger partial charge in [0.15, 0.2) is 10.8 Å². The number of carbonyl (C=O) groups is 1. The van der Waals surface area contributed by atoms with Crippen LogP contribution in [0.5, 0.6) is 0 Å². The fourth-order valence-electron chi connectivity index (χ4n) is 4.11. The number of benzene rings is 1. The largest absolute Gasteiger partial charge is 0.469 e. The van der Waals surface area contributed by atoms with Gasteiger partial charge in [-0.2, -0.15) is 4.31 Å². The van der Waals surface area contributed by atoms with Crippen molar-refractivity contribution in [3.05, 3.63) is 108 Å². The first-order valence-electron chi connectivity index (χ1n) is 11.6. The second-order valence-corrected chi connectivity index (χ2v) is 10.1. The standard InChI is InChI=1S/C27H28N2O6S/c1-33-26(30)14-13-21-8-7-9-22(18-21)19-29(36(31,32)25-12-5-6-15-28-25)27(23-10-3-2-4-11-23)24-20-34-16-17-35-24/h2-3,5-10,12,15-18,20,27H,4,11,13-14,19H2,1H3. The first-order valence-corrected chi connectivity index (χ1v) is 13.0. The molecule has 1 unspecified atom stereocenters. The van der Waals surface area contributed by atoms with Gasteiger partial charge in [0.05, 0.1) is 7.11 Å². The lowest BCUT2D eigenvalue weighted by molar-refractivity contribution is -0.140. The molecule has 1 atom stereocenters. The molecular formula is C27H28N2O6S. The minimum atomic E-state index is -4.06. The summed E-state index contributed by atoms with van der Waals surface area (Å²) in [6.45, 7) is 0.0567. The van der Waals surface area contributed by atoms with E-state index in [1.807, 2.05) is 42.5 Å². The second-order valence-electron chi connectivity index (χ2n) is 8.27. The highest BCUT2D eigenvalue weighted by molar-refractivity contribution is 7.89. The predicted octanol–water partition coefficient (Wildman–Crippen LogP) is 4.38. The van der Waals surface area contributed by atoms with E-state index in [-0.39, 0.29) is 24.0 Å². The van der Waals surface area contributed by atoms with Gasteiger partial charge in [0.25, 0.3) is 10.0 Å². The molecule has 1 aromatic heterocycles. The molecule has 1 aliphatic carbocycles. The molecule has 8 nitrogen and oxygen atoms in total. The number of ether oxygens (including phenoxy) is 3. The van der Waals surface area contributed by atoms with Crippen molar-refractivity contribution in [2.45, 2.75) is 43.3 Å². The topological polar surface area (TPSA) is 95.0 Å². The molecule has 1 aromatic carbocycles. The number of esters is 1. The Labute approximate surface area is 211 Å². The average Bonchev–Trinajstić information content (AvgIpc) is 2.93. The van der Waals surface area contributed by atoms with Gasteiger partial charge in [0.1, 0.15) is 24.8 Å². The molecule has 1 aliphatic heterocycles. The molecule has 0 saturated carbocycles. The number of methoxy groups -OCH3 is 1. The van der Waals surface area contributed by atoms with Crippen LogP contribution < -0.4 is 0 Å². The van der Waals surface area contributed by atoms with Crippen molar-refractivity contribution in [2.24, 2.45) is 0 Å². The van der Waals surface area contributed by atoms with E-state index in [9.17, 15) is 13.2 Å². The van der Waals surface area contributed by atoms with E-state index in [1.165, 1.54) is 42.5 Å². The molecule has 0 radical (unpaired) electrons. The third-order valence-electron chi connectivity index (χ3n) is 5.86. The van der Waals surface area contributed by atoms with E-state index in [0.717, 1.165) is 23.1 Å². The van der Waals surface area contributed by atoms with Crippen LogP contribution in [0.25, 0.3) is 0 Å². The van der Waals surface area contributed by atoms with Gasteiger partial charge in [-0.3, -0.25) is 4.79 Å². The Morgan fingerprint density at radius 3 is 2.72 bits per heavy atom. The lowest BCUT2D eigenvalue weighted by atomic mass is 9.96. The van der Waals surface area contributed by atoms with Crippen LogP contribution >= 0.6 is 0 Å². The number of sulfonamides is 1. The van der Waals surface area contributed by atoms with Gasteiger partial charge in [-0.15, -0.1) is 0 Å². The van der Waals surface area contributed by atoms with Crippen LogP contribution in [0.15, 0.2) is 102 Å². The Hall–Kier alpha value is -3.69. The van der Waals surface area contributed by atoms with E-state index < -0.39 is 16.1 Å². The zero-order valence-electron chi connectivity index (χ0n) is 19.9. The summed E-state index contributed by atoms with van der Waals surface area (Å²) in [6.07, 6.45) is 13.7. The maximum atomic E-state index is 14.0. The predicted molar refractivity (Wildman–Crippen MR) is 133 cm³/mol. The van der Waals surface area contributed by atoms with E-state index in [4.69, 9.17) is 14.2 Å². The number of hydrogen-bond acceptors (Lipinski definition) is 7. The highest BCUT2D eigenvalue weighted by Gasteiger charge is 2.38. The van der Waals surface area contributed by atoms with Gasteiger partial charge in [-0.1, -0.05) is 48.6 Å². The summed E-state index contributed by atoms with van der Waals surface area (Å²) in [7, 11) is -2.70. The molecule has 188 valence electrons. The zero-order chi connectivity index (χ0) is 25.4.